The molecule has 0 aliphatic heterocycles. The molecule has 0 saturated carbocycles. The van der Waals surface area contributed by atoms with E-state index >= 15 is 0 Å². The molecule has 71 heavy (non-hydrogen) atoms. The topological polar surface area (TPSA) is 435 Å². The molecule has 0 aromatic heterocycles. The summed E-state index contributed by atoms with van der Waals surface area (Å²) in [5.74, 6) is -10.1. The van der Waals surface area contributed by atoms with Gasteiger partial charge in [-0.25, -0.2) is 4.79 Å². The number of aliphatic carboxylic acids is 2. The molecule has 0 radical (unpaired) electrons. The van der Waals surface area contributed by atoms with Crippen molar-refractivity contribution in [3.8, 4) is 11.5 Å². The van der Waals surface area contributed by atoms with Gasteiger partial charge in [0.2, 0.25) is 41.4 Å². The highest BCUT2D eigenvalue weighted by Crippen LogP contribution is 2.23. The van der Waals surface area contributed by atoms with E-state index in [1.165, 1.54) is 50.2 Å². The Morgan fingerprint density at radius 3 is 1.55 bits per heavy atom. The van der Waals surface area contributed by atoms with Crippen molar-refractivity contribution in [3.63, 3.8) is 0 Å². The fourth-order valence-electron chi connectivity index (χ4n) is 7.04. The Bertz CT molecular complexity index is 2250. The number of aromatic hydroxyl groups is 2. The summed E-state index contributed by atoms with van der Waals surface area (Å²) in [5, 5.41) is 56.9. The van der Waals surface area contributed by atoms with Crippen LogP contribution >= 0.6 is 0 Å². The molecule has 392 valence electrons. The zero-order valence-corrected chi connectivity index (χ0v) is 40.7. The van der Waals surface area contributed by atoms with E-state index in [0.29, 0.717) is 17.5 Å². The smallest absolute Gasteiger partial charge is 0.326 e. The van der Waals surface area contributed by atoms with E-state index in [9.17, 15) is 63.6 Å². The normalized spacial score (nSPS) is 14.4. The molecule has 0 saturated heterocycles. The summed E-state index contributed by atoms with van der Waals surface area (Å²) in [6.07, 6.45) is -1.07. The monoisotopic (exact) mass is 999 g/mol. The quantitative estimate of drug-likeness (QED) is 0.0146. The summed E-state index contributed by atoms with van der Waals surface area (Å²) in [6.45, 7) is 9.44. The first kappa shape index (κ1) is 59.3. The number of nitrogen functional groups attached to an aromatic ring is 2. The lowest BCUT2D eigenvalue weighted by Crippen LogP contribution is -2.61. The number of hydrogen-bond donors (Lipinski definition) is 15. The van der Waals surface area contributed by atoms with Gasteiger partial charge in [0.05, 0.1) is 11.4 Å². The highest BCUT2D eigenvalue weighted by Gasteiger charge is 2.35. The Hall–Kier alpha value is -7.86. The van der Waals surface area contributed by atoms with Crippen molar-refractivity contribution in [3.05, 3.63) is 47.5 Å². The van der Waals surface area contributed by atoms with Crippen LogP contribution in [0.4, 0.5) is 11.4 Å². The molecular formula is C46H70N12O13. The predicted octanol–water partition coefficient (Wildman–Crippen LogP) is -1.42. The second kappa shape index (κ2) is 28.6. The molecule has 2 rings (SSSR count). The molecule has 0 fully saturated rings. The van der Waals surface area contributed by atoms with Crippen LogP contribution in [-0.2, 0) is 56.0 Å². The summed E-state index contributed by atoms with van der Waals surface area (Å²) in [4.78, 5) is 123. The molecule has 0 aliphatic carbocycles. The molecule has 0 bridgehead atoms. The maximum atomic E-state index is 14.3. The van der Waals surface area contributed by atoms with Crippen LogP contribution in [0, 0.1) is 11.8 Å². The van der Waals surface area contributed by atoms with Crippen LogP contribution in [0.5, 0.6) is 11.5 Å². The SMILES string of the molecule is CC[C@H](C)[C@H](NC(=O)[C@H](CCC(=O)O)NC(=O)[C@H](Cc1ccc(O)c(N)c1)NC(=O)[C@H](CC(C)C)NC(=O)[C@H](Cc1ccc(O)c(N)c1)NC(C)=O)C(=O)N[C@@H](C)C(=O)N[C@@H](CCCN=C(N)N)C(=O)O. The zero-order chi connectivity index (χ0) is 53.7. The average Bonchev–Trinajstić information content (AvgIpc) is 3.28. The van der Waals surface area contributed by atoms with Gasteiger partial charge in [0.15, 0.2) is 5.96 Å². The van der Waals surface area contributed by atoms with Crippen molar-refractivity contribution < 1.29 is 63.6 Å². The number of carbonyl (C=O) groups excluding carboxylic acids is 7. The van der Waals surface area contributed by atoms with Gasteiger partial charge in [-0.3, -0.25) is 43.3 Å². The number of carboxylic acid groups (broad SMARTS) is 2. The van der Waals surface area contributed by atoms with Crippen molar-refractivity contribution in [2.24, 2.45) is 28.3 Å². The third-order valence-corrected chi connectivity index (χ3v) is 11.1. The van der Waals surface area contributed by atoms with E-state index in [1.807, 2.05) is 0 Å². The number of benzene rings is 2. The fourth-order valence-corrected chi connectivity index (χ4v) is 7.04. The Balaban J connectivity index is 2.45. The van der Waals surface area contributed by atoms with Gasteiger partial charge in [-0.15, -0.1) is 0 Å². The largest absolute Gasteiger partial charge is 0.506 e. The number of carboxylic acids is 2. The molecule has 0 aliphatic rings. The predicted molar refractivity (Wildman–Crippen MR) is 261 cm³/mol. The van der Waals surface area contributed by atoms with Crippen LogP contribution in [0.25, 0.3) is 0 Å². The summed E-state index contributed by atoms with van der Waals surface area (Å²) in [7, 11) is 0. The standard InChI is InChI=1S/C46H70N12O13/c1-7-23(4)38(44(69)52-24(5)39(64)55-31(45(70)71)9-8-16-51-46(49)50)58-40(65)30(12-15-37(62)63)54-43(68)34(21-27-11-14-36(61)29(48)19-27)57-41(66)32(17-22(2)3)56-42(67)33(53-25(6)59)20-26-10-13-35(60)28(47)18-26/h10-11,13-14,18-19,22-24,30-34,38,60-61H,7-9,12,15-17,20-21,47-48H2,1-6H3,(H,52,69)(H,53,59)(H,54,68)(H,55,64)(H,56,67)(H,57,66)(H,58,65)(H,62,63)(H,70,71)(H4,49,50,51)/t23-,24-,30-,31-,32-,33-,34-,38-/m0/s1. The van der Waals surface area contributed by atoms with Crippen molar-refractivity contribution in [1.29, 1.82) is 0 Å². The summed E-state index contributed by atoms with van der Waals surface area (Å²) in [6, 6.07) is -1.54. The lowest BCUT2D eigenvalue weighted by Gasteiger charge is -2.29. The van der Waals surface area contributed by atoms with Gasteiger partial charge in [0.25, 0.3) is 0 Å². The van der Waals surface area contributed by atoms with Gasteiger partial charge in [-0.05, 0) is 79.8 Å². The Kier molecular flexibility index (Phi) is 23.9. The molecule has 0 spiro atoms. The summed E-state index contributed by atoms with van der Waals surface area (Å²) < 4.78 is 0. The minimum atomic E-state index is -1.64. The summed E-state index contributed by atoms with van der Waals surface area (Å²) in [5.41, 5.74) is 23.1. The third kappa shape index (κ3) is 20.7. The number of hydrogen-bond acceptors (Lipinski definition) is 14. The van der Waals surface area contributed by atoms with Gasteiger partial charge in [-0.2, -0.15) is 0 Å². The van der Waals surface area contributed by atoms with Crippen LogP contribution in [0.3, 0.4) is 0 Å². The highest BCUT2D eigenvalue weighted by atomic mass is 16.4. The van der Waals surface area contributed by atoms with Crippen LogP contribution in [0.1, 0.15) is 91.2 Å². The molecule has 25 heteroatoms. The molecule has 25 nitrogen and oxygen atoms in total. The van der Waals surface area contributed by atoms with E-state index in [-0.39, 0.29) is 73.4 Å². The van der Waals surface area contributed by atoms with Crippen molar-refractivity contribution >= 4 is 70.6 Å². The highest BCUT2D eigenvalue weighted by molar-refractivity contribution is 5.97. The number of phenolic OH excluding ortho intramolecular Hbond substituents is 2. The van der Waals surface area contributed by atoms with Crippen LogP contribution in [0.15, 0.2) is 41.4 Å². The number of anilines is 2. The number of nitrogens with zero attached hydrogens (tertiary/aromatic N) is 1. The molecule has 19 N–H and O–H groups in total. The maximum Gasteiger partial charge on any atom is 0.326 e. The lowest BCUT2D eigenvalue weighted by atomic mass is 9.97. The third-order valence-electron chi connectivity index (χ3n) is 11.1. The van der Waals surface area contributed by atoms with E-state index < -0.39 is 114 Å². The Morgan fingerprint density at radius 2 is 1.08 bits per heavy atom. The number of amides is 7. The molecule has 2 aromatic rings. The first-order valence-corrected chi connectivity index (χ1v) is 23.0. The van der Waals surface area contributed by atoms with Crippen LogP contribution in [-0.4, -0.2) is 129 Å². The number of guanidine groups is 1. The number of phenols is 2. The van der Waals surface area contributed by atoms with Crippen molar-refractivity contribution in [2.75, 3.05) is 18.0 Å². The zero-order valence-electron chi connectivity index (χ0n) is 40.7. The first-order chi connectivity index (χ1) is 33.2. The Morgan fingerprint density at radius 1 is 0.606 bits per heavy atom. The van der Waals surface area contributed by atoms with E-state index in [2.05, 4.69) is 42.2 Å². The number of nitrogens with two attached hydrogens (primary N) is 4. The Labute approximate surface area is 411 Å². The van der Waals surface area contributed by atoms with Gasteiger partial charge >= 0.3 is 11.9 Å². The molecular weight excluding hydrogens is 929 g/mol. The number of nitrogens with one attached hydrogen (secondary N) is 7. The summed E-state index contributed by atoms with van der Waals surface area (Å²) >= 11 is 0. The number of carbonyl (C=O) groups is 9. The lowest BCUT2D eigenvalue weighted by molar-refractivity contribution is -0.142. The average molecular weight is 999 g/mol. The molecule has 7 amide bonds. The number of rotatable bonds is 29. The molecule has 8 atom stereocenters. The van der Waals surface area contributed by atoms with Gasteiger partial charge in [0, 0.05) is 32.7 Å². The van der Waals surface area contributed by atoms with Gasteiger partial charge < -0.3 is 80.6 Å². The molecule has 0 unspecified atom stereocenters. The van der Waals surface area contributed by atoms with E-state index in [1.54, 1.807) is 27.7 Å². The fraction of sp³-hybridized carbons (Fsp3) is 0.522. The number of aliphatic imine (C=N–C) groups is 1. The minimum Gasteiger partial charge on any atom is -0.506 e. The second-order valence-corrected chi connectivity index (χ2v) is 17.6. The van der Waals surface area contributed by atoms with Gasteiger partial charge in [0.1, 0.15) is 53.8 Å². The van der Waals surface area contributed by atoms with E-state index in [4.69, 9.17) is 22.9 Å². The van der Waals surface area contributed by atoms with Gasteiger partial charge in [-0.1, -0.05) is 46.2 Å². The van der Waals surface area contributed by atoms with Crippen LogP contribution < -0.4 is 60.2 Å². The first-order valence-electron chi connectivity index (χ1n) is 23.0. The molecule has 0 heterocycles. The van der Waals surface area contributed by atoms with Crippen molar-refractivity contribution in [2.45, 2.75) is 135 Å². The van der Waals surface area contributed by atoms with Crippen LogP contribution in [0.2, 0.25) is 0 Å². The van der Waals surface area contributed by atoms with E-state index in [0.717, 1.165) is 0 Å². The minimum absolute atomic E-state index is 0.0276. The molecule has 2 aromatic carbocycles. The van der Waals surface area contributed by atoms with Crippen molar-refractivity contribution in [1.82, 2.24) is 37.2 Å². The second-order valence-electron chi connectivity index (χ2n) is 17.6. The maximum absolute atomic E-state index is 14.3.